The molecule has 11 N–H and O–H groups in total. The summed E-state index contributed by atoms with van der Waals surface area (Å²) in [5.41, 5.74) is 16.1. The van der Waals surface area contributed by atoms with Gasteiger partial charge in [-0.05, 0) is 18.8 Å². The van der Waals surface area contributed by atoms with Crippen LogP contribution in [0.3, 0.4) is 0 Å². The molecular formula is C18H33N7O7. The summed E-state index contributed by atoms with van der Waals surface area (Å²) < 4.78 is 0. The maximum absolute atomic E-state index is 12.9. The highest BCUT2D eigenvalue weighted by atomic mass is 16.4. The van der Waals surface area contributed by atoms with Gasteiger partial charge in [-0.2, -0.15) is 0 Å². The third kappa shape index (κ3) is 11.7. The van der Waals surface area contributed by atoms with E-state index in [0.29, 0.717) is 6.42 Å². The summed E-state index contributed by atoms with van der Waals surface area (Å²) in [7, 11) is 0. The number of carboxylic acid groups (broad SMARTS) is 2. The fraction of sp³-hybridized carbons (Fsp3) is 0.667. The monoisotopic (exact) mass is 459 g/mol. The number of nitrogens with zero attached hydrogens (tertiary/aromatic N) is 1. The van der Waals surface area contributed by atoms with Crippen LogP contribution in [-0.4, -0.2) is 77.0 Å². The van der Waals surface area contributed by atoms with Crippen LogP contribution < -0.4 is 33.2 Å². The molecule has 32 heavy (non-hydrogen) atoms. The smallest absolute Gasteiger partial charge is 0.322 e. The third-order valence-corrected chi connectivity index (χ3v) is 4.52. The Labute approximate surface area is 185 Å². The SMILES string of the molecule is CCC(C)C(NC(=O)C(CCCN=C(N)N)NC(=O)C(N)CC(=O)O)C(=O)NCC(=O)O. The second-order valence-electron chi connectivity index (χ2n) is 7.20. The molecule has 0 aliphatic heterocycles. The number of nitrogens with one attached hydrogen (secondary N) is 3. The van der Waals surface area contributed by atoms with Crippen molar-refractivity contribution in [3.05, 3.63) is 0 Å². The number of aliphatic carboxylic acids is 2. The highest BCUT2D eigenvalue weighted by Gasteiger charge is 2.31. The van der Waals surface area contributed by atoms with E-state index in [2.05, 4.69) is 20.9 Å². The first-order chi connectivity index (χ1) is 14.9. The van der Waals surface area contributed by atoms with Crippen LogP contribution in [0, 0.1) is 5.92 Å². The number of hydrogen-bond acceptors (Lipinski definition) is 7. The lowest BCUT2D eigenvalue weighted by Gasteiger charge is -2.26. The van der Waals surface area contributed by atoms with Crippen LogP contribution in [0.4, 0.5) is 0 Å². The minimum absolute atomic E-state index is 0.0676. The molecule has 0 aliphatic carbocycles. The van der Waals surface area contributed by atoms with E-state index in [1.165, 1.54) is 0 Å². The van der Waals surface area contributed by atoms with E-state index in [9.17, 15) is 24.0 Å². The Kier molecular flexibility index (Phi) is 13.0. The van der Waals surface area contributed by atoms with E-state index in [1.54, 1.807) is 13.8 Å². The van der Waals surface area contributed by atoms with Gasteiger partial charge >= 0.3 is 11.9 Å². The summed E-state index contributed by atoms with van der Waals surface area (Å²) in [6, 6.07) is -3.60. The predicted molar refractivity (Wildman–Crippen MR) is 114 cm³/mol. The minimum atomic E-state index is -1.38. The van der Waals surface area contributed by atoms with Crippen molar-refractivity contribution in [3.63, 3.8) is 0 Å². The highest BCUT2D eigenvalue weighted by molar-refractivity contribution is 5.94. The number of hydrogen-bond donors (Lipinski definition) is 8. The molecule has 0 aliphatic rings. The number of amides is 3. The lowest BCUT2D eigenvalue weighted by molar-refractivity contribution is -0.140. The largest absolute Gasteiger partial charge is 0.481 e. The van der Waals surface area contributed by atoms with Crippen molar-refractivity contribution in [2.24, 2.45) is 28.1 Å². The number of carbonyl (C=O) groups excluding carboxylic acids is 3. The van der Waals surface area contributed by atoms with Gasteiger partial charge < -0.3 is 43.4 Å². The van der Waals surface area contributed by atoms with Gasteiger partial charge in [0.2, 0.25) is 17.7 Å². The molecule has 0 aromatic rings. The summed E-state index contributed by atoms with van der Waals surface area (Å²) >= 11 is 0. The summed E-state index contributed by atoms with van der Waals surface area (Å²) in [5, 5.41) is 24.7. The second-order valence-corrected chi connectivity index (χ2v) is 7.20. The van der Waals surface area contributed by atoms with Gasteiger partial charge in [-0.3, -0.25) is 29.0 Å². The Morgan fingerprint density at radius 1 is 0.969 bits per heavy atom. The van der Waals surface area contributed by atoms with Crippen molar-refractivity contribution in [2.45, 2.75) is 57.7 Å². The zero-order chi connectivity index (χ0) is 24.8. The molecule has 0 rings (SSSR count). The Hall–Kier alpha value is -3.42. The van der Waals surface area contributed by atoms with Crippen molar-refractivity contribution in [2.75, 3.05) is 13.1 Å². The topological polar surface area (TPSA) is 252 Å². The molecule has 0 fully saturated rings. The summed E-state index contributed by atoms with van der Waals surface area (Å²) in [6.07, 6.45) is 0.208. The van der Waals surface area contributed by atoms with Crippen molar-refractivity contribution in [1.29, 1.82) is 0 Å². The van der Waals surface area contributed by atoms with Crippen molar-refractivity contribution >= 4 is 35.6 Å². The normalized spacial score (nSPS) is 14.2. The standard InChI is InChI=1S/C18H33N7O7/c1-3-9(2)14(17(32)23-8-13(28)29)25-16(31)11(5-4-6-22-18(20)21)24-15(30)10(19)7-12(26)27/h9-11,14H,3-8,19H2,1-2H3,(H,23,32)(H,24,30)(H,25,31)(H,26,27)(H,28,29)(H4,20,21,22). The fourth-order valence-corrected chi connectivity index (χ4v) is 2.56. The van der Waals surface area contributed by atoms with E-state index < -0.39 is 60.8 Å². The van der Waals surface area contributed by atoms with Gasteiger partial charge in [0.1, 0.15) is 18.6 Å². The van der Waals surface area contributed by atoms with Crippen molar-refractivity contribution in [1.82, 2.24) is 16.0 Å². The molecule has 0 radical (unpaired) electrons. The molecule has 0 bridgehead atoms. The number of carboxylic acids is 2. The molecule has 0 spiro atoms. The molecule has 0 saturated carbocycles. The molecule has 0 heterocycles. The molecule has 4 unspecified atom stereocenters. The third-order valence-electron chi connectivity index (χ3n) is 4.52. The number of rotatable bonds is 15. The summed E-state index contributed by atoms with van der Waals surface area (Å²) in [4.78, 5) is 62.8. The molecule has 0 aromatic heterocycles. The van der Waals surface area contributed by atoms with Crippen LogP contribution >= 0.6 is 0 Å². The second kappa shape index (κ2) is 14.6. The van der Waals surface area contributed by atoms with E-state index in [-0.39, 0.29) is 31.3 Å². The van der Waals surface area contributed by atoms with Crippen LogP contribution in [0.2, 0.25) is 0 Å². The number of nitrogens with two attached hydrogens (primary N) is 3. The molecule has 3 amide bonds. The van der Waals surface area contributed by atoms with E-state index >= 15 is 0 Å². The van der Waals surface area contributed by atoms with Gasteiger partial charge in [0, 0.05) is 6.54 Å². The van der Waals surface area contributed by atoms with Gasteiger partial charge in [-0.15, -0.1) is 0 Å². The molecule has 14 nitrogen and oxygen atoms in total. The molecule has 0 saturated heterocycles. The van der Waals surface area contributed by atoms with Crippen LogP contribution in [-0.2, 0) is 24.0 Å². The maximum atomic E-state index is 12.9. The highest BCUT2D eigenvalue weighted by Crippen LogP contribution is 2.10. The first kappa shape index (κ1) is 28.6. The van der Waals surface area contributed by atoms with E-state index in [0.717, 1.165) is 0 Å². The van der Waals surface area contributed by atoms with Gasteiger partial charge in [0.05, 0.1) is 12.5 Å². The van der Waals surface area contributed by atoms with Gasteiger partial charge in [0.15, 0.2) is 5.96 Å². The van der Waals surface area contributed by atoms with Crippen LogP contribution in [0.15, 0.2) is 4.99 Å². The van der Waals surface area contributed by atoms with Gasteiger partial charge in [0.25, 0.3) is 0 Å². The Bertz CT molecular complexity index is 710. The molecular weight excluding hydrogens is 426 g/mol. The van der Waals surface area contributed by atoms with Crippen LogP contribution in [0.5, 0.6) is 0 Å². The number of guanidine groups is 1. The van der Waals surface area contributed by atoms with Crippen LogP contribution in [0.1, 0.15) is 39.5 Å². The van der Waals surface area contributed by atoms with Crippen molar-refractivity contribution < 1.29 is 34.2 Å². The Morgan fingerprint density at radius 3 is 2.09 bits per heavy atom. The quantitative estimate of drug-likeness (QED) is 0.0702. The number of aliphatic imine (C=N–C) groups is 1. The fourth-order valence-electron chi connectivity index (χ4n) is 2.56. The zero-order valence-corrected chi connectivity index (χ0v) is 18.2. The van der Waals surface area contributed by atoms with Gasteiger partial charge in [-0.1, -0.05) is 20.3 Å². The van der Waals surface area contributed by atoms with Crippen LogP contribution in [0.25, 0.3) is 0 Å². The average molecular weight is 460 g/mol. The first-order valence-corrected chi connectivity index (χ1v) is 10.0. The lowest BCUT2D eigenvalue weighted by Crippen LogP contribution is -2.57. The average Bonchev–Trinajstić information content (AvgIpc) is 2.70. The molecule has 0 aromatic carbocycles. The number of carbonyl (C=O) groups is 5. The molecule has 182 valence electrons. The predicted octanol–water partition coefficient (Wildman–Crippen LogP) is -2.94. The Balaban J connectivity index is 5.42. The maximum Gasteiger partial charge on any atom is 0.322 e. The summed E-state index contributed by atoms with van der Waals surface area (Å²) in [6.45, 7) is 3.02. The van der Waals surface area contributed by atoms with Crippen molar-refractivity contribution in [3.8, 4) is 0 Å². The van der Waals surface area contributed by atoms with Gasteiger partial charge in [-0.25, -0.2) is 0 Å². The zero-order valence-electron chi connectivity index (χ0n) is 18.2. The minimum Gasteiger partial charge on any atom is -0.481 e. The molecule has 14 heteroatoms. The Morgan fingerprint density at radius 2 is 1.59 bits per heavy atom. The summed E-state index contributed by atoms with van der Waals surface area (Å²) in [5.74, 6) is -5.29. The first-order valence-electron chi connectivity index (χ1n) is 10.0. The lowest BCUT2D eigenvalue weighted by atomic mass is 9.97. The van der Waals surface area contributed by atoms with E-state index in [1.807, 2.05) is 0 Å². The molecule has 4 atom stereocenters. The van der Waals surface area contributed by atoms with E-state index in [4.69, 9.17) is 27.4 Å².